The van der Waals surface area contributed by atoms with E-state index in [0.29, 0.717) is 17.4 Å². The van der Waals surface area contributed by atoms with E-state index in [1.165, 1.54) is 25.3 Å². The van der Waals surface area contributed by atoms with Gasteiger partial charge in [0.25, 0.3) is 5.91 Å². The fraction of sp³-hybridized carbons (Fsp3) is 0.567. The average molecular weight is 520 g/mol. The lowest BCUT2D eigenvalue weighted by Crippen LogP contribution is -2.53. The van der Waals surface area contributed by atoms with Gasteiger partial charge in [-0.3, -0.25) is 30.3 Å². The largest absolute Gasteiger partial charge is 0.493 e. The fourth-order valence-electron chi connectivity index (χ4n) is 6.77. The molecule has 2 aromatic rings. The zero-order valence-electron chi connectivity index (χ0n) is 22.8. The minimum Gasteiger partial charge on any atom is -0.493 e. The molecular weight excluding hydrogens is 478 g/mol. The van der Waals surface area contributed by atoms with Gasteiger partial charge in [-0.1, -0.05) is 49.6 Å². The third kappa shape index (κ3) is 5.22. The van der Waals surface area contributed by atoms with Crippen LogP contribution < -0.4 is 20.9 Å². The quantitative estimate of drug-likeness (QED) is 0.431. The Kier molecular flexibility index (Phi) is 7.84. The number of hydrogen-bond donors (Lipinski definition) is 3. The molecular formula is C30H41N5O3. The molecule has 0 bridgehead atoms. The van der Waals surface area contributed by atoms with Crippen molar-refractivity contribution in [1.82, 2.24) is 20.7 Å². The van der Waals surface area contributed by atoms with E-state index in [4.69, 9.17) is 4.74 Å². The smallest absolute Gasteiger partial charge is 0.292 e. The second-order valence-corrected chi connectivity index (χ2v) is 11.7. The molecule has 1 spiro atoms. The van der Waals surface area contributed by atoms with Gasteiger partial charge in [0.1, 0.15) is 0 Å². The third-order valence-electron chi connectivity index (χ3n) is 9.45. The van der Waals surface area contributed by atoms with Crippen LogP contribution in [0.3, 0.4) is 0 Å². The maximum Gasteiger partial charge on any atom is 0.292 e. The summed E-state index contributed by atoms with van der Waals surface area (Å²) in [6.45, 7) is 0. The lowest BCUT2D eigenvalue weighted by Gasteiger charge is -2.49. The van der Waals surface area contributed by atoms with Gasteiger partial charge in [0, 0.05) is 29.2 Å². The number of rotatable bonds is 9. The van der Waals surface area contributed by atoms with E-state index in [1.54, 1.807) is 12.3 Å². The molecule has 5 rings (SSSR count). The molecule has 2 atom stereocenters. The molecule has 8 heteroatoms. The first-order valence-electron chi connectivity index (χ1n) is 13.9. The number of methoxy groups -OCH3 is 1. The van der Waals surface area contributed by atoms with Gasteiger partial charge in [-0.15, -0.1) is 0 Å². The molecule has 3 fully saturated rings. The molecule has 2 aliphatic carbocycles. The summed E-state index contributed by atoms with van der Waals surface area (Å²) in [5.41, 5.74) is 8.88. The van der Waals surface area contributed by atoms with Crippen molar-refractivity contribution in [2.75, 3.05) is 26.5 Å². The molecule has 2 heterocycles. The number of amides is 1. The minimum absolute atomic E-state index is 0.0108. The molecule has 1 unspecified atom stereocenters. The number of nitrogens with one attached hydrogen (secondary N) is 3. The number of benzene rings is 1. The van der Waals surface area contributed by atoms with Gasteiger partial charge >= 0.3 is 0 Å². The Morgan fingerprint density at radius 3 is 2.50 bits per heavy atom. The zero-order valence-corrected chi connectivity index (χ0v) is 22.8. The predicted octanol–water partition coefficient (Wildman–Crippen LogP) is 4.04. The molecule has 8 nitrogen and oxygen atoms in total. The number of carbonyl (C=O) groups is 2. The molecule has 204 valence electrons. The normalized spacial score (nSPS) is 28.2. The molecule has 1 amide bonds. The van der Waals surface area contributed by atoms with Crippen LogP contribution in [0.5, 0.6) is 5.75 Å². The van der Waals surface area contributed by atoms with Crippen LogP contribution in [0.4, 0.5) is 5.69 Å². The summed E-state index contributed by atoms with van der Waals surface area (Å²) in [6, 6.07) is 12.4. The van der Waals surface area contributed by atoms with Gasteiger partial charge in [-0.25, -0.2) is 0 Å². The number of aromatic nitrogens is 1. The van der Waals surface area contributed by atoms with E-state index >= 15 is 0 Å². The molecule has 2 saturated carbocycles. The monoisotopic (exact) mass is 519 g/mol. The first-order chi connectivity index (χ1) is 18.4. The van der Waals surface area contributed by atoms with Crippen molar-refractivity contribution < 1.29 is 14.3 Å². The zero-order chi connectivity index (χ0) is 26.8. The van der Waals surface area contributed by atoms with Crippen LogP contribution >= 0.6 is 0 Å². The number of carbonyl (C=O) groups excluding carboxylic acids is 2. The number of hydrogen-bond acceptors (Lipinski definition) is 7. The Hall–Kier alpha value is -2.81. The predicted molar refractivity (Wildman–Crippen MR) is 148 cm³/mol. The summed E-state index contributed by atoms with van der Waals surface area (Å²) in [6.07, 6.45) is 12.3. The van der Waals surface area contributed by atoms with E-state index < -0.39 is 5.91 Å². The van der Waals surface area contributed by atoms with Crippen molar-refractivity contribution in [3.63, 3.8) is 0 Å². The van der Waals surface area contributed by atoms with Crippen molar-refractivity contribution in [2.45, 2.75) is 74.9 Å². The highest BCUT2D eigenvalue weighted by atomic mass is 16.5. The average Bonchev–Trinajstić information content (AvgIpc) is 3.32. The molecule has 1 aromatic carbocycles. The maximum atomic E-state index is 13.6. The third-order valence-corrected chi connectivity index (χ3v) is 9.45. The summed E-state index contributed by atoms with van der Waals surface area (Å²) in [5.74, 6) is -0.351. The molecule has 38 heavy (non-hydrogen) atoms. The van der Waals surface area contributed by atoms with Gasteiger partial charge in [0.2, 0.25) is 5.78 Å². The van der Waals surface area contributed by atoms with E-state index in [-0.39, 0.29) is 28.8 Å². The number of anilines is 1. The number of ketones is 1. The van der Waals surface area contributed by atoms with Gasteiger partial charge in [0.15, 0.2) is 5.75 Å². The summed E-state index contributed by atoms with van der Waals surface area (Å²) in [4.78, 5) is 33.2. The second-order valence-electron chi connectivity index (χ2n) is 11.7. The van der Waals surface area contributed by atoms with Crippen molar-refractivity contribution in [1.29, 1.82) is 0 Å². The Morgan fingerprint density at radius 2 is 1.87 bits per heavy atom. The van der Waals surface area contributed by atoms with Gasteiger partial charge < -0.3 is 10.1 Å². The lowest BCUT2D eigenvalue weighted by atomic mass is 9.66. The second kappa shape index (κ2) is 11.1. The van der Waals surface area contributed by atoms with E-state index in [2.05, 4.69) is 70.5 Å². The highest BCUT2D eigenvalue weighted by Crippen LogP contribution is 2.48. The van der Waals surface area contributed by atoms with Crippen LogP contribution in [0.25, 0.3) is 0 Å². The van der Waals surface area contributed by atoms with E-state index in [9.17, 15) is 9.59 Å². The lowest BCUT2D eigenvalue weighted by molar-refractivity contribution is -0.138. The molecule has 3 N–H and O–H groups in total. The highest BCUT2D eigenvalue weighted by Gasteiger charge is 2.50. The van der Waals surface area contributed by atoms with Crippen LogP contribution in [0.2, 0.25) is 0 Å². The molecule has 1 saturated heterocycles. The summed E-state index contributed by atoms with van der Waals surface area (Å²) in [5, 5.41) is 2.78. The summed E-state index contributed by atoms with van der Waals surface area (Å²) < 4.78 is 5.30. The topological polar surface area (TPSA) is 95.6 Å². The standard InChI is InChI=1S/C30H41N5O3/c1-35(2)30(22-10-5-4-6-11-22)15-13-29(14-16-30)19-25(33-34-29)23(18-21-8-7-9-21)27(36)28(37)32-24-12-17-31-20-26(24)38-3/h4-6,10-12,17,20-21,23,25,33-34H,7-9,13-16,18-19H2,1-3H3,(H,31,32,37)/t23?,25-,29?,30?/m0/s1. The van der Waals surface area contributed by atoms with Gasteiger partial charge in [-0.2, -0.15) is 0 Å². The Balaban J connectivity index is 1.29. The minimum atomic E-state index is -0.582. The molecule has 0 radical (unpaired) electrons. The van der Waals surface area contributed by atoms with Crippen LogP contribution in [0.15, 0.2) is 48.8 Å². The molecule has 1 aromatic heterocycles. The van der Waals surface area contributed by atoms with Crippen LogP contribution in [0.1, 0.15) is 63.4 Å². The van der Waals surface area contributed by atoms with Gasteiger partial charge in [0.05, 0.1) is 19.0 Å². The Bertz CT molecular complexity index is 1130. The number of nitrogens with zero attached hydrogens (tertiary/aromatic N) is 2. The Morgan fingerprint density at radius 1 is 1.13 bits per heavy atom. The summed E-state index contributed by atoms with van der Waals surface area (Å²) >= 11 is 0. The SMILES string of the molecule is COc1cnccc1NC(=O)C(=O)C(CC1CCC1)[C@@H]1CC2(CCC(c3ccccc3)(N(C)C)CC2)NN1. The number of Topliss-reactive ketones (excluding diaryl/α,β-unsaturated/α-hetero) is 1. The van der Waals surface area contributed by atoms with Crippen molar-refractivity contribution in [2.24, 2.45) is 11.8 Å². The molecule has 1 aliphatic heterocycles. The number of hydrazine groups is 1. The first kappa shape index (κ1) is 26.8. The van der Waals surface area contributed by atoms with Crippen LogP contribution in [0, 0.1) is 11.8 Å². The van der Waals surface area contributed by atoms with Crippen molar-refractivity contribution in [3.05, 3.63) is 54.4 Å². The van der Waals surface area contributed by atoms with Gasteiger partial charge in [-0.05, 0) is 70.2 Å². The van der Waals surface area contributed by atoms with Crippen molar-refractivity contribution in [3.8, 4) is 5.75 Å². The fourth-order valence-corrected chi connectivity index (χ4v) is 6.77. The van der Waals surface area contributed by atoms with E-state index in [1.807, 2.05) is 0 Å². The van der Waals surface area contributed by atoms with E-state index in [0.717, 1.165) is 51.4 Å². The number of ether oxygens (including phenoxy) is 1. The summed E-state index contributed by atoms with van der Waals surface area (Å²) in [7, 11) is 5.88. The van der Waals surface area contributed by atoms with Crippen LogP contribution in [-0.2, 0) is 15.1 Å². The molecule has 3 aliphatic rings. The first-order valence-corrected chi connectivity index (χ1v) is 13.9. The maximum absolute atomic E-state index is 13.6. The highest BCUT2D eigenvalue weighted by molar-refractivity contribution is 6.41. The number of pyridine rings is 1. The van der Waals surface area contributed by atoms with Crippen molar-refractivity contribution >= 4 is 17.4 Å². The van der Waals surface area contributed by atoms with Crippen LogP contribution in [-0.4, -0.2) is 54.4 Å². The Labute approximate surface area is 225 Å².